The highest BCUT2D eigenvalue weighted by atomic mass is 35.5. The first-order chi connectivity index (χ1) is 14.6. The van der Waals surface area contributed by atoms with Gasteiger partial charge in [0.2, 0.25) is 0 Å². The van der Waals surface area contributed by atoms with Gasteiger partial charge >= 0.3 is 6.18 Å². The second-order valence-corrected chi connectivity index (χ2v) is 8.60. The molecule has 0 radical (unpaired) electrons. The van der Waals surface area contributed by atoms with Crippen LogP contribution in [0.3, 0.4) is 0 Å². The largest absolute Gasteiger partial charge is 0.433 e. The molecule has 0 aliphatic carbocycles. The summed E-state index contributed by atoms with van der Waals surface area (Å²) in [6, 6.07) is 4.85. The van der Waals surface area contributed by atoms with Crippen molar-refractivity contribution < 1.29 is 17.9 Å². The number of ether oxygens (including phenoxy) is 1. The van der Waals surface area contributed by atoms with Crippen LogP contribution in [0.15, 0.2) is 24.4 Å². The fourth-order valence-electron chi connectivity index (χ4n) is 4.05. The molecule has 0 atom stereocenters. The summed E-state index contributed by atoms with van der Waals surface area (Å²) in [5.41, 5.74) is 2.52. The Morgan fingerprint density at radius 2 is 1.81 bits per heavy atom. The van der Waals surface area contributed by atoms with Gasteiger partial charge in [0.05, 0.1) is 36.0 Å². The monoisotopic (exact) mass is 471 g/mol. The van der Waals surface area contributed by atoms with Gasteiger partial charge in [0, 0.05) is 41.8 Å². The minimum Gasteiger partial charge on any atom is -0.379 e. The molecule has 4 rings (SSSR count). The van der Waals surface area contributed by atoms with E-state index in [9.17, 15) is 13.2 Å². The van der Waals surface area contributed by atoms with E-state index in [1.54, 1.807) is 13.8 Å². The van der Waals surface area contributed by atoms with Gasteiger partial charge in [-0.15, -0.1) is 0 Å². The average Bonchev–Trinajstić information content (AvgIpc) is 3.03. The van der Waals surface area contributed by atoms with Gasteiger partial charge in [-0.1, -0.05) is 29.3 Å². The minimum absolute atomic E-state index is 0.314. The Morgan fingerprint density at radius 1 is 1.10 bits per heavy atom. The molecule has 1 aliphatic heterocycles. The number of fused-ring (bicyclic) bond motifs is 1. The molecule has 3 aromatic rings. The van der Waals surface area contributed by atoms with Crippen molar-refractivity contribution >= 4 is 34.1 Å². The maximum Gasteiger partial charge on any atom is 0.433 e. The van der Waals surface area contributed by atoms with E-state index in [0.29, 0.717) is 52.9 Å². The van der Waals surface area contributed by atoms with Gasteiger partial charge < -0.3 is 9.30 Å². The predicted octanol–water partition coefficient (Wildman–Crippen LogP) is 5.86. The van der Waals surface area contributed by atoms with E-state index in [2.05, 4.69) is 9.88 Å². The topological polar surface area (TPSA) is 30.3 Å². The summed E-state index contributed by atoms with van der Waals surface area (Å²) < 4.78 is 46.9. The van der Waals surface area contributed by atoms with Crippen LogP contribution in [0.1, 0.15) is 28.1 Å². The SMILES string of the molecule is Cc1cn(Cc2c(Cl)ccc(CN3CCOCC3)c2Cl)c2c(C)nc(C(F)(F)F)cc12. The maximum atomic E-state index is 13.2. The average molecular weight is 472 g/mol. The molecule has 166 valence electrons. The maximum absolute atomic E-state index is 13.2. The molecule has 1 saturated heterocycles. The number of nitrogens with zero attached hydrogens (tertiary/aromatic N) is 3. The zero-order valence-electron chi connectivity index (χ0n) is 17.2. The molecular formula is C22H22Cl2F3N3O. The van der Waals surface area contributed by atoms with E-state index in [1.807, 2.05) is 22.9 Å². The van der Waals surface area contributed by atoms with Crippen LogP contribution in [0.5, 0.6) is 0 Å². The Balaban J connectivity index is 1.71. The second kappa shape index (κ2) is 8.62. The Bertz CT molecular complexity index is 1120. The fourth-order valence-corrected chi connectivity index (χ4v) is 4.60. The molecular weight excluding hydrogens is 450 g/mol. The minimum atomic E-state index is -4.49. The highest BCUT2D eigenvalue weighted by Crippen LogP contribution is 2.35. The molecule has 4 nitrogen and oxygen atoms in total. The highest BCUT2D eigenvalue weighted by molar-refractivity contribution is 6.36. The van der Waals surface area contributed by atoms with Gasteiger partial charge in [-0.2, -0.15) is 13.2 Å². The van der Waals surface area contributed by atoms with Crippen LogP contribution in [0, 0.1) is 13.8 Å². The lowest BCUT2D eigenvalue weighted by molar-refractivity contribution is -0.141. The van der Waals surface area contributed by atoms with Gasteiger partial charge in [0.25, 0.3) is 0 Å². The van der Waals surface area contributed by atoms with Crippen LogP contribution in [0.2, 0.25) is 10.0 Å². The van der Waals surface area contributed by atoms with Crippen LogP contribution in [0.25, 0.3) is 10.9 Å². The van der Waals surface area contributed by atoms with E-state index < -0.39 is 11.9 Å². The zero-order valence-corrected chi connectivity index (χ0v) is 18.7. The second-order valence-electron chi connectivity index (χ2n) is 7.81. The number of benzene rings is 1. The summed E-state index contributed by atoms with van der Waals surface area (Å²) in [6.45, 7) is 7.46. The highest BCUT2D eigenvalue weighted by Gasteiger charge is 2.33. The number of hydrogen-bond acceptors (Lipinski definition) is 3. The Kier molecular flexibility index (Phi) is 6.23. The molecule has 0 spiro atoms. The Hall–Kier alpha value is -1.80. The van der Waals surface area contributed by atoms with E-state index >= 15 is 0 Å². The third-order valence-electron chi connectivity index (χ3n) is 5.61. The van der Waals surface area contributed by atoms with Crippen molar-refractivity contribution in [3.8, 4) is 0 Å². The summed E-state index contributed by atoms with van der Waals surface area (Å²) in [5.74, 6) is 0. The molecule has 1 aliphatic rings. The standard InChI is InChI=1S/C22H22Cl2F3N3O/c1-13-10-30(21-14(2)28-19(9-16(13)21)22(25,26)27)12-17-18(23)4-3-15(20(17)24)11-29-5-7-31-8-6-29/h3-4,9-10H,5-8,11-12H2,1-2H3. The molecule has 0 bridgehead atoms. The molecule has 0 saturated carbocycles. The molecule has 0 N–H and O–H groups in total. The number of pyridine rings is 1. The smallest absolute Gasteiger partial charge is 0.379 e. The number of hydrogen-bond donors (Lipinski definition) is 0. The Morgan fingerprint density at radius 3 is 2.48 bits per heavy atom. The predicted molar refractivity (Wildman–Crippen MR) is 116 cm³/mol. The number of aryl methyl sites for hydroxylation is 2. The first kappa shape index (κ1) is 22.4. The number of morpholine rings is 1. The lowest BCUT2D eigenvalue weighted by Gasteiger charge is -2.27. The summed E-state index contributed by atoms with van der Waals surface area (Å²) in [4.78, 5) is 6.07. The van der Waals surface area contributed by atoms with Crippen LogP contribution in [-0.2, 0) is 24.0 Å². The molecule has 1 aromatic carbocycles. The van der Waals surface area contributed by atoms with Crippen molar-refractivity contribution in [3.05, 3.63) is 62.5 Å². The molecule has 9 heteroatoms. The van der Waals surface area contributed by atoms with Crippen molar-refractivity contribution in [2.24, 2.45) is 0 Å². The van der Waals surface area contributed by atoms with Crippen molar-refractivity contribution in [2.75, 3.05) is 26.3 Å². The number of halogens is 5. The Labute approximate surface area is 188 Å². The third kappa shape index (κ3) is 4.55. The quantitative estimate of drug-likeness (QED) is 0.477. The van der Waals surface area contributed by atoms with Crippen LogP contribution < -0.4 is 0 Å². The van der Waals surface area contributed by atoms with Gasteiger partial charge in [-0.25, -0.2) is 4.98 Å². The summed E-state index contributed by atoms with van der Waals surface area (Å²) >= 11 is 13.2. The van der Waals surface area contributed by atoms with E-state index in [0.717, 1.165) is 35.8 Å². The summed E-state index contributed by atoms with van der Waals surface area (Å²) in [7, 11) is 0. The lowest BCUT2D eigenvalue weighted by atomic mass is 10.1. The fraction of sp³-hybridized carbons (Fsp3) is 0.409. The molecule has 0 amide bonds. The molecule has 31 heavy (non-hydrogen) atoms. The van der Waals surface area contributed by atoms with Crippen LogP contribution in [0.4, 0.5) is 13.2 Å². The van der Waals surface area contributed by atoms with Gasteiger partial charge in [0.1, 0.15) is 5.69 Å². The summed E-state index contributed by atoms with van der Waals surface area (Å²) in [5, 5.41) is 1.63. The van der Waals surface area contributed by atoms with Gasteiger partial charge in [-0.05, 0) is 37.1 Å². The van der Waals surface area contributed by atoms with E-state index in [-0.39, 0.29) is 0 Å². The normalized spacial score (nSPS) is 15.7. The van der Waals surface area contributed by atoms with Gasteiger partial charge in [0.15, 0.2) is 0 Å². The molecule has 2 aromatic heterocycles. The number of alkyl halides is 3. The first-order valence-electron chi connectivity index (χ1n) is 9.95. The first-order valence-corrected chi connectivity index (χ1v) is 10.7. The molecule has 3 heterocycles. The summed E-state index contributed by atoms with van der Waals surface area (Å²) in [6.07, 6.45) is -2.67. The molecule has 0 unspecified atom stereocenters. The van der Waals surface area contributed by atoms with Crippen molar-refractivity contribution in [2.45, 2.75) is 33.1 Å². The zero-order chi connectivity index (χ0) is 22.3. The van der Waals surface area contributed by atoms with Crippen LogP contribution >= 0.6 is 23.2 Å². The van der Waals surface area contributed by atoms with E-state index in [4.69, 9.17) is 27.9 Å². The third-order valence-corrected chi connectivity index (χ3v) is 6.44. The van der Waals surface area contributed by atoms with Crippen molar-refractivity contribution in [1.29, 1.82) is 0 Å². The van der Waals surface area contributed by atoms with Gasteiger partial charge in [-0.3, -0.25) is 4.90 Å². The van der Waals surface area contributed by atoms with Crippen molar-refractivity contribution in [1.82, 2.24) is 14.5 Å². The number of aromatic nitrogens is 2. The lowest BCUT2D eigenvalue weighted by Crippen LogP contribution is -2.35. The van der Waals surface area contributed by atoms with Crippen molar-refractivity contribution in [3.63, 3.8) is 0 Å². The van der Waals surface area contributed by atoms with Crippen LogP contribution in [-0.4, -0.2) is 40.8 Å². The molecule has 1 fully saturated rings. The number of rotatable bonds is 4. The van der Waals surface area contributed by atoms with E-state index in [1.165, 1.54) is 0 Å².